The Morgan fingerprint density at radius 1 is 1.04 bits per heavy atom. The van der Waals surface area contributed by atoms with E-state index in [1.807, 2.05) is 4.90 Å². The fraction of sp³-hybridized carbons (Fsp3) is 0.941. The van der Waals surface area contributed by atoms with Gasteiger partial charge >= 0.3 is 0 Å². The maximum absolute atomic E-state index is 12.7. The van der Waals surface area contributed by atoms with Crippen LogP contribution in [0.5, 0.6) is 0 Å². The van der Waals surface area contributed by atoms with Crippen LogP contribution >= 0.6 is 0 Å². The van der Waals surface area contributed by atoms with Crippen LogP contribution in [0.2, 0.25) is 0 Å². The van der Waals surface area contributed by atoms with Crippen LogP contribution in [0.25, 0.3) is 0 Å². The standard InChI is InChI=1S/C17H32N2O3S/c1-3-4-6-15-7-9-16(10-8-15)17(20)18-11-5-12-19(14-13-18)23(2,21)22/h15-16H,3-14H2,1-2H3. The highest BCUT2D eigenvalue weighted by Crippen LogP contribution is 2.33. The Balaban J connectivity index is 1.82. The molecule has 2 aliphatic rings. The van der Waals surface area contributed by atoms with Crippen molar-refractivity contribution >= 4 is 15.9 Å². The number of sulfonamides is 1. The summed E-state index contributed by atoms with van der Waals surface area (Å²) in [7, 11) is -3.14. The Hall–Kier alpha value is -0.620. The van der Waals surface area contributed by atoms with Gasteiger partial charge in [-0.15, -0.1) is 0 Å². The molecular formula is C17H32N2O3S. The van der Waals surface area contributed by atoms with Crippen molar-refractivity contribution in [3.8, 4) is 0 Å². The molecule has 0 atom stereocenters. The van der Waals surface area contributed by atoms with Crippen LogP contribution in [0.3, 0.4) is 0 Å². The molecule has 5 nitrogen and oxygen atoms in total. The molecule has 0 aromatic rings. The van der Waals surface area contributed by atoms with E-state index >= 15 is 0 Å². The Kier molecular flexibility index (Phi) is 6.89. The van der Waals surface area contributed by atoms with Crippen LogP contribution in [0.15, 0.2) is 0 Å². The molecule has 6 heteroatoms. The number of carbonyl (C=O) groups excluding carboxylic acids is 1. The van der Waals surface area contributed by atoms with Crippen molar-refractivity contribution in [1.82, 2.24) is 9.21 Å². The first-order valence-corrected chi connectivity index (χ1v) is 11.0. The van der Waals surface area contributed by atoms with E-state index in [4.69, 9.17) is 0 Å². The number of unbranched alkanes of at least 4 members (excludes halogenated alkanes) is 1. The second kappa shape index (κ2) is 8.47. The van der Waals surface area contributed by atoms with Crippen LogP contribution in [0.4, 0.5) is 0 Å². The highest BCUT2D eigenvalue weighted by atomic mass is 32.2. The second-order valence-electron chi connectivity index (χ2n) is 7.20. The van der Waals surface area contributed by atoms with Crippen LogP contribution in [0, 0.1) is 11.8 Å². The Morgan fingerprint density at radius 2 is 1.74 bits per heavy atom. The van der Waals surface area contributed by atoms with Crippen molar-refractivity contribution in [1.29, 1.82) is 0 Å². The second-order valence-corrected chi connectivity index (χ2v) is 9.18. The summed E-state index contributed by atoms with van der Waals surface area (Å²) in [5.41, 5.74) is 0. The van der Waals surface area contributed by atoms with E-state index in [1.54, 1.807) is 0 Å². The molecule has 0 radical (unpaired) electrons. The van der Waals surface area contributed by atoms with Crippen LogP contribution in [-0.2, 0) is 14.8 Å². The van der Waals surface area contributed by atoms with Crippen molar-refractivity contribution in [2.24, 2.45) is 11.8 Å². The zero-order valence-corrected chi connectivity index (χ0v) is 15.5. The van der Waals surface area contributed by atoms with E-state index in [-0.39, 0.29) is 11.8 Å². The van der Waals surface area contributed by atoms with Gasteiger partial charge in [0.15, 0.2) is 0 Å². The van der Waals surface area contributed by atoms with Gasteiger partial charge in [0.05, 0.1) is 6.26 Å². The first-order chi connectivity index (χ1) is 10.9. The van der Waals surface area contributed by atoms with Crippen LogP contribution < -0.4 is 0 Å². The fourth-order valence-corrected chi connectivity index (χ4v) is 4.77. The lowest BCUT2D eigenvalue weighted by Gasteiger charge is -2.31. The molecule has 2 rings (SSSR count). The van der Waals surface area contributed by atoms with E-state index < -0.39 is 10.0 Å². The van der Waals surface area contributed by atoms with E-state index in [2.05, 4.69) is 6.92 Å². The number of amides is 1. The van der Waals surface area contributed by atoms with Gasteiger partial charge in [0.1, 0.15) is 0 Å². The molecule has 0 unspecified atom stereocenters. The first kappa shape index (κ1) is 18.7. The Labute approximate surface area is 141 Å². The van der Waals surface area contributed by atoms with Gasteiger partial charge in [-0.3, -0.25) is 4.79 Å². The summed E-state index contributed by atoms with van der Waals surface area (Å²) in [4.78, 5) is 14.6. The molecule has 1 aliphatic heterocycles. The first-order valence-electron chi connectivity index (χ1n) is 9.15. The van der Waals surface area contributed by atoms with Crippen molar-refractivity contribution in [3.05, 3.63) is 0 Å². The van der Waals surface area contributed by atoms with E-state index in [1.165, 1.54) is 42.7 Å². The molecular weight excluding hydrogens is 312 g/mol. The summed E-state index contributed by atoms with van der Waals surface area (Å²) >= 11 is 0. The monoisotopic (exact) mass is 344 g/mol. The highest BCUT2D eigenvalue weighted by Gasteiger charge is 2.31. The lowest BCUT2D eigenvalue weighted by atomic mass is 9.79. The zero-order valence-electron chi connectivity index (χ0n) is 14.7. The maximum Gasteiger partial charge on any atom is 0.225 e. The zero-order chi connectivity index (χ0) is 16.9. The molecule has 0 N–H and O–H groups in total. The molecule has 1 aliphatic carbocycles. The summed E-state index contributed by atoms with van der Waals surface area (Å²) in [6.07, 6.45) is 10.2. The molecule has 0 spiro atoms. The lowest BCUT2D eigenvalue weighted by Crippen LogP contribution is -2.40. The van der Waals surface area contributed by atoms with Gasteiger partial charge in [-0.25, -0.2) is 12.7 Å². The lowest BCUT2D eigenvalue weighted by molar-refractivity contribution is -0.136. The molecule has 2 fully saturated rings. The van der Waals surface area contributed by atoms with Gasteiger partial charge < -0.3 is 4.90 Å². The van der Waals surface area contributed by atoms with Gasteiger partial charge in [0.25, 0.3) is 0 Å². The predicted octanol–water partition coefficient (Wildman–Crippen LogP) is 2.48. The van der Waals surface area contributed by atoms with Gasteiger partial charge in [-0.2, -0.15) is 0 Å². The van der Waals surface area contributed by atoms with Crippen LogP contribution in [-0.4, -0.2) is 56.0 Å². The quantitative estimate of drug-likeness (QED) is 0.770. The summed E-state index contributed by atoms with van der Waals surface area (Å²) in [5.74, 6) is 1.23. The van der Waals surface area contributed by atoms with Gasteiger partial charge in [-0.1, -0.05) is 26.2 Å². The summed E-state index contributed by atoms with van der Waals surface area (Å²) in [6.45, 7) is 4.44. The predicted molar refractivity (Wildman–Crippen MR) is 92.6 cm³/mol. The molecule has 1 heterocycles. The molecule has 23 heavy (non-hydrogen) atoms. The molecule has 1 saturated heterocycles. The fourth-order valence-electron chi connectivity index (χ4n) is 3.89. The van der Waals surface area contributed by atoms with E-state index in [9.17, 15) is 13.2 Å². The van der Waals surface area contributed by atoms with Crippen molar-refractivity contribution in [2.75, 3.05) is 32.4 Å². The smallest absolute Gasteiger partial charge is 0.225 e. The van der Waals surface area contributed by atoms with Gasteiger partial charge in [0, 0.05) is 32.1 Å². The van der Waals surface area contributed by atoms with Crippen LogP contribution in [0.1, 0.15) is 58.3 Å². The minimum Gasteiger partial charge on any atom is -0.341 e. The number of hydrogen-bond acceptors (Lipinski definition) is 3. The number of rotatable bonds is 5. The third-order valence-electron chi connectivity index (χ3n) is 5.40. The van der Waals surface area contributed by atoms with Gasteiger partial charge in [-0.05, 0) is 38.0 Å². The largest absolute Gasteiger partial charge is 0.341 e. The maximum atomic E-state index is 12.7. The minimum absolute atomic E-state index is 0.165. The Morgan fingerprint density at radius 3 is 2.35 bits per heavy atom. The summed E-state index contributed by atoms with van der Waals surface area (Å²) in [5, 5.41) is 0. The Bertz CT molecular complexity index is 484. The van der Waals surface area contributed by atoms with E-state index in [0.717, 1.165) is 25.2 Å². The molecule has 134 valence electrons. The molecule has 1 amide bonds. The van der Waals surface area contributed by atoms with Crippen molar-refractivity contribution in [2.45, 2.75) is 58.3 Å². The normalized spacial score (nSPS) is 27.7. The molecule has 0 bridgehead atoms. The van der Waals surface area contributed by atoms with E-state index in [0.29, 0.717) is 26.2 Å². The molecule has 0 aromatic carbocycles. The number of carbonyl (C=O) groups is 1. The molecule has 0 aromatic heterocycles. The average molecular weight is 345 g/mol. The van der Waals surface area contributed by atoms with Gasteiger partial charge in [0.2, 0.25) is 15.9 Å². The number of nitrogens with zero attached hydrogens (tertiary/aromatic N) is 2. The van der Waals surface area contributed by atoms with Crippen molar-refractivity contribution < 1.29 is 13.2 Å². The summed E-state index contributed by atoms with van der Waals surface area (Å²) < 4.78 is 24.8. The average Bonchev–Trinajstić information content (AvgIpc) is 2.78. The number of hydrogen-bond donors (Lipinski definition) is 0. The summed E-state index contributed by atoms with van der Waals surface area (Å²) in [6, 6.07) is 0. The highest BCUT2D eigenvalue weighted by molar-refractivity contribution is 7.88. The van der Waals surface area contributed by atoms with Crippen molar-refractivity contribution in [3.63, 3.8) is 0 Å². The topological polar surface area (TPSA) is 57.7 Å². The minimum atomic E-state index is -3.14. The third kappa shape index (κ3) is 5.45. The molecule has 1 saturated carbocycles. The third-order valence-corrected chi connectivity index (χ3v) is 6.70. The SMILES string of the molecule is CCCCC1CCC(C(=O)N2CCCN(S(C)(=O)=O)CC2)CC1.